The number of hydrogen-bond donors (Lipinski definition) is 1. The van der Waals surface area contributed by atoms with Crippen molar-refractivity contribution in [3.05, 3.63) is 53.6 Å². The fourth-order valence-electron chi connectivity index (χ4n) is 2.90. The van der Waals surface area contributed by atoms with Crippen molar-refractivity contribution in [1.29, 1.82) is 0 Å². The second-order valence-electron chi connectivity index (χ2n) is 6.29. The van der Waals surface area contributed by atoms with Gasteiger partial charge in [0.1, 0.15) is 0 Å². The summed E-state index contributed by atoms with van der Waals surface area (Å²) in [6.45, 7) is 3.88. The average molecular weight is 393 g/mol. The molecule has 1 atom stereocenters. The first-order valence-corrected chi connectivity index (χ1v) is 11.2. The van der Waals surface area contributed by atoms with Crippen LogP contribution in [0.5, 0.6) is 0 Å². The molecule has 0 saturated heterocycles. The monoisotopic (exact) mass is 392 g/mol. The van der Waals surface area contributed by atoms with E-state index in [-0.39, 0.29) is 10.8 Å². The van der Waals surface area contributed by atoms with Gasteiger partial charge in [-0.1, -0.05) is 17.7 Å². The lowest BCUT2D eigenvalue weighted by Crippen LogP contribution is -2.30. The highest BCUT2D eigenvalue weighted by Gasteiger charge is 2.26. The quantitative estimate of drug-likeness (QED) is 0.805. The van der Waals surface area contributed by atoms with Gasteiger partial charge in [-0.15, -0.1) is 4.13 Å². The normalized spacial score (nSPS) is 16.2. The van der Waals surface area contributed by atoms with Gasteiger partial charge in [-0.2, -0.15) is 0 Å². The largest absolute Gasteiger partial charge is 0.312 e. The molecule has 1 aliphatic rings. The number of anilines is 1. The number of carbonyl (C=O) groups is 1. The van der Waals surface area contributed by atoms with Gasteiger partial charge in [0.2, 0.25) is 5.91 Å². The smallest absolute Gasteiger partial charge is 0.251 e. The Labute approximate surface area is 154 Å². The maximum Gasteiger partial charge on any atom is 0.251 e. The van der Waals surface area contributed by atoms with E-state index < -0.39 is 19.7 Å². The van der Waals surface area contributed by atoms with Crippen molar-refractivity contribution in [2.24, 2.45) is 0 Å². The third kappa shape index (κ3) is 3.53. The summed E-state index contributed by atoms with van der Waals surface area (Å²) in [5, 5.41) is 0. The Morgan fingerprint density at radius 1 is 1.08 bits per heavy atom. The standard InChI is InChI=1S/C18H20N2O4S2/c1-13-4-6-16(7-5-13)25(3,22)19-26(23,24)17-8-9-18-15(12-17)10-11-20(18)14(2)21/h4-9,12H,3,10-11H2,1-2H3,(H,19,22). The number of benzene rings is 2. The number of nitrogens with zero attached hydrogens (tertiary/aromatic N) is 1. The molecule has 1 heterocycles. The predicted octanol–water partition coefficient (Wildman–Crippen LogP) is 1.87. The second-order valence-corrected chi connectivity index (χ2v) is 10.3. The van der Waals surface area contributed by atoms with Crippen molar-refractivity contribution < 1.29 is 17.4 Å². The van der Waals surface area contributed by atoms with Gasteiger partial charge in [-0.25, -0.2) is 12.6 Å². The zero-order valence-corrected chi connectivity index (χ0v) is 16.2. The number of carbonyl (C=O) groups excluding carboxylic acids is 1. The minimum Gasteiger partial charge on any atom is -0.312 e. The minimum atomic E-state index is -4.03. The number of sulfonamides is 1. The first kappa shape index (κ1) is 18.6. The highest BCUT2D eigenvalue weighted by atomic mass is 32.3. The summed E-state index contributed by atoms with van der Waals surface area (Å²) in [6, 6.07) is 11.2. The number of aryl methyl sites for hydroxylation is 1. The van der Waals surface area contributed by atoms with E-state index in [1.807, 2.05) is 6.92 Å². The maximum atomic E-state index is 12.8. The van der Waals surface area contributed by atoms with Crippen LogP contribution in [0.2, 0.25) is 0 Å². The molecule has 0 saturated carbocycles. The van der Waals surface area contributed by atoms with E-state index in [2.05, 4.69) is 10.00 Å². The van der Waals surface area contributed by atoms with Gasteiger partial charge in [0.05, 0.1) is 14.6 Å². The molecule has 1 N–H and O–H groups in total. The Morgan fingerprint density at radius 2 is 1.69 bits per heavy atom. The molecule has 0 aliphatic carbocycles. The summed E-state index contributed by atoms with van der Waals surface area (Å²) >= 11 is 0. The number of amides is 1. The van der Waals surface area contributed by atoms with Gasteiger partial charge in [0, 0.05) is 24.1 Å². The van der Waals surface area contributed by atoms with Crippen LogP contribution < -0.4 is 9.03 Å². The fourth-order valence-corrected chi connectivity index (χ4v) is 6.21. The van der Waals surface area contributed by atoms with Crippen molar-refractivity contribution in [3.8, 4) is 0 Å². The Bertz CT molecular complexity index is 1070. The highest BCUT2D eigenvalue weighted by molar-refractivity contribution is 8.09. The molecule has 0 fully saturated rings. The number of rotatable bonds is 4. The molecule has 26 heavy (non-hydrogen) atoms. The zero-order chi connectivity index (χ0) is 19.1. The Hall–Kier alpha value is -2.16. The van der Waals surface area contributed by atoms with Crippen LogP contribution in [0.1, 0.15) is 18.1 Å². The molecule has 1 aliphatic heterocycles. The number of hydrogen-bond acceptors (Lipinski definition) is 4. The van der Waals surface area contributed by atoms with Crippen molar-refractivity contribution in [2.75, 3.05) is 11.4 Å². The van der Waals surface area contributed by atoms with E-state index in [1.165, 1.54) is 19.1 Å². The molecule has 138 valence electrons. The van der Waals surface area contributed by atoms with Gasteiger partial charge in [-0.05, 0) is 55.1 Å². The summed E-state index contributed by atoms with van der Waals surface area (Å²) in [5.41, 5.74) is 2.46. The van der Waals surface area contributed by atoms with Crippen LogP contribution in [0.15, 0.2) is 52.3 Å². The second kappa shape index (κ2) is 6.53. The maximum absolute atomic E-state index is 12.8. The number of fused-ring (bicyclic) bond motifs is 1. The van der Waals surface area contributed by atoms with E-state index in [1.54, 1.807) is 35.2 Å². The molecular weight excluding hydrogens is 372 g/mol. The van der Waals surface area contributed by atoms with Gasteiger partial charge in [0.25, 0.3) is 10.0 Å². The van der Waals surface area contributed by atoms with E-state index in [0.717, 1.165) is 11.1 Å². The molecule has 1 unspecified atom stereocenters. The van der Waals surface area contributed by atoms with E-state index in [9.17, 15) is 17.4 Å². The molecular formula is C18H20N2O4S2. The van der Waals surface area contributed by atoms with Crippen molar-refractivity contribution in [2.45, 2.75) is 30.1 Å². The summed E-state index contributed by atoms with van der Waals surface area (Å²) in [6.07, 6.45) is 0.579. The van der Waals surface area contributed by atoms with Crippen LogP contribution in [-0.4, -0.2) is 30.9 Å². The van der Waals surface area contributed by atoms with Gasteiger partial charge < -0.3 is 4.90 Å². The molecule has 2 aromatic rings. The molecule has 3 rings (SSSR count). The molecule has 0 bridgehead atoms. The van der Waals surface area contributed by atoms with Crippen molar-refractivity contribution in [1.82, 2.24) is 4.13 Å². The predicted molar refractivity (Wildman–Crippen MR) is 103 cm³/mol. The fraction of sp³-hybridized carbons (Fsp3) is 0.222. The zero-order valence-electron chi connectivity index (χ0n) is 14.6. The van der Waals surface area contributed by atoms with Crippen LogP contribution in [0, 0.1) is 6.92 Å². The first-order chi connectivity index (χ1) is 12.1. The minimum absolute atomic E-state index is 0.00476. The van der Waals surface area contributed by atoms with Crippen LogP contribution in [0.25, 0.3) is 0 Å². The molecule has 2 aromatic carbocycles. The van der Waals surface area contributed by atoms with Gasteiger partial charge in [-0.3, -0.25) is 4.79 Å². The molecule has 0 aromatic heterocycles. The van der Waals surface area contributed by atoms with E-state index in [0.29, 0.717) is 23.5 Å². The third-order valence-electron chi connectivity index (χ3n) is 4.28. The topological polar surface area (TPSA) is 83.6 Å². The van der Waals surface area contributed by atoms with Crippen LogP contribution >= 0.6 is 0 Å². The highest BCUT2D eigenvalue weighted by Crippen LogP contribution is 2.30. The lowest BCUT2D eigenvalue weighted by molar-refractivity contribution is -0.116. The van der Waals surface area contributed by atoms with Crippen LogP contribution in [0.4, 0.5) is 5.69 Å². The SMILES string of the molecule is C=S(=O)(NS(=O)(=O)c1ccc2c(c1)CCN2C(C)=O)c1ccc(C)cc1. The Morgan fingerprint density at radius 3 is 2.31 bits per heavy atom. The number of nitrogens with one attached hydrogen (secondary N) is 1. The van der Waals surface area contributed by atoms with Gasteiger partial charge >= 0.3 is 0 Å². The Kier molecular flexibility index (Phi) is 4.68. The van der Waals surface area contributed by atoms with Crippen LogP contribution in [-0.2, 0) is 30.9 Å². The molecule has 8 heteroatoms. The summed E-state index contributed by atoms with van der Waals surface area (Å²) in [5.74, 6) is 3.49. The van der Waals surface area contributed by atoms with Gasteiger partial charge in [0.15, 0.2) is 0 Å². The lowest BCUT2D eigenvalue weighted by Gasteiger charge is -2.16. The average Bonchev–Trinajstić information content (AvgIpc) is 2.97. The molecule has 1 amide bonds. The summed E-state index contributed by atoms with van der Waals surface area (Å²) in [4.78, 5) is 13.5. The third-order valence-corrected chi connectivity index (χ3v) is 8.15. The summed E-state index contributed by atoms with van der Waals surface area (Å²) < 4.78 is 40.4. The molecule has 0 spiro atoms. The molecule has 6 nitrogen and oxygen atoms in total. The first-order valence-electron chi connectivity index (χ1n) is 7.99. The van der Waals surface area contributed by atoms with Crippen LogP contribution in [0.3, 0.4) is 0 Å². The van der Waals surface area contributed by atoms with Crippen molar-refractivity contribution in [3.63, 3.8) is 0 Å². The molecule has 0 radical (unpaired) electrons. The van der Waals surface area contributed by atoms with Crippen molar-refractivity contribution >= 4 is 37.2 Å². The van der Waals surface area contributed by atoms with E-state index in [4.69, 9.17) is 0 Å². The Balaban J connectivity index is 1.92. The summed E-state index contributed by atoms with van der Waals surface area (Å²) in [7, 11) is -7.25. The van der Waals surface area contributed by atoms with E-state index >= 15 is 0 Å². The lowest BCUT2D eigenvalue weighted by atomic mass is 10.2.